The molecule has 13 heavy (non-hydrogen) atoms. The largest absolute Gasteiger partial charge is 0.371 e. The summed E-state index contributed by atoms with van der Waals surface area (Å²) >= 11 is 0. The van der Waals surface area contributed by atoms with Crippen LogP contribution in [0.2, 0.25) is 0 Å². The van der Waals surface area contributed by atoms with Crippen LogP contribution >= 0.6 is 0 Å². The first-order valence-corrected chi connectivity index (χ1v) is 4.56. The van der Waals surface area contributed by atoms with Gasteiger partial charge in [-0.05, 0) is 27.2 Å². The Hall–Kier alpha value is -0.890. The maximum absolute atomic E-state index is 8.81. The van der Waals surface area contributed by atoms with Crippen LogP contribution in [0.1, 0.15) is 27.2 Å². The Bertz CT molecular complexity index is 194. The summed E-state index contributed by atoms with van der Waals surface area (Å²) in [7, 11) is 0. The number of hydrogen-bond acceptors (Lipinski definition) is 2. The van der Waals surface area contributed by atoms with E-state index in [1.165, 1.54) is 6.92 Å². The fraction of sp³-hybridized carbons (Fsp3) is 0.545. The third-order valence-corrected chi connectivity index (χ3v) is 1.69. The lowest BCUT2D eigenvalue weighted by molar-refractivity contribution is -0.106. The third kappa shape index (κ3) is 5.36. The lowest BCUT2D eigenvalue weighted by atomic mass is 9.98. The Kier molecular flexibility index (Phi) is 6.15. The van der Waals surface area contributed by atoms with Gasteiger partial charge in [0.2, 0.25) is 0 Å². The molecule has 1 aliphatic carbocycles. The molecule has 0 fully saturated rings. The van der Waals surface area contributed by atoms with Crippen molar-refractivity contribution in [2.24, 2.45) is 0 Å². The van der Waals surface area contributed by atoms with Gasteiger partial charge in [-0.2, -0.15) is 0 Å². The van der Waals surface area contributed by atoms with Crippen LogP contribution in [0, 0.1) is 0 Å². The molecular weight excluding hydrogens is 164 g/mol. The average Bonchev–Trinajstić information content (AvgIpc) is 2.06. The normalized spacial score (nSPS) is 24.8. The number of hydrogen-bond donors (Lipinski definition) is 0. The summed E-state index contributed by atoms with van der Waals surface area (Å²) < 4.78 is 5.53. The number of aldehydes is 1. The van der Waals surface area contributed by atoms with Crippen LogP contribution in [-0.4, -0.2) is 18.5 Å². The number of rotatable bonds is 2. The van der Waals surface area contributed by atoms with Crippen molar-refractivity contribution in [1.82, 2.24) is 0 Å². The first-order chi connectivity index (χ1) is 6.18. The van der Waals surface area contributed by atoms with E-state index in [1.54, 1.807) is 0 Å². The summed E-state index contributed by atoms with van der Waals surface area (Å²) in [4.78, 5) is 8.81. The average molecular weight is 182 g/mol. The Morgan fingerprint density at radius 2 is 2.15 bits per heavy atom. The first kappa shape index (κ1) is 12.1. The summed E-state index contributed by atoms with van der Waals surface area (Å²) in [6.45, 7) is 6.36. The standard InChI is InChI=1S/C9H14O.C2H4O/c1-3-10-9(2)7-5-4-6-8-9;1-2-3/h4-7H,3,8H2,1-2H3;2H,1H3. The molecule has 0 radical (unpaired) electrons. The minimum atomic E-state index is -0.0382. The molecule has 0 saturated heterocycles. The quantitative estimate of drug-likeness (QED) is 0.613. The Morgan fingerprint density at radius 1 is 1.54 bits per heavy atom. The van der Waals surface area contributed by atoms with Crippen LogP contribution in [0.25, 0.3) is 0 Å². The summed E-state index contributed by atoms with van der Waals surface area (Å²) in [5.74, 6) is 0. The summed E-state index contributed by atoms with van der Waals surface area (Å²) in [6.07, 6.45) is 10.1. The molecule has 0 spiro atoms. The first-order valence-electron chi connectivity index (χ1n) is 4.56. The summed E-state index contributed by atoms with van der Waals surface area (Å²) in [6, 6.07) is 0. The predicted octanol–water partition coefficient (Wildman–Crippen LogP) is 2.50. The fourth-order valence-corrected chi connectivity index (χ4v) is 1.14. The summed E-state index contributed by atoms with van der Waals surface area (Å²) in [5, 5.41) is 0. The molecular formula is C11H18O2. The molecule has 0 bridgehead atoms. The monoisotopic (exact) mass is 182 g/mol. The smallest absolute Gasteiger partial charge is 0.116 e. The highest BCUT2D eigenvalue weighted by Gasteiger charge is 2.19. The predicted molar refractivity (Wildman–Crippen MR) is 54.7 cm³/mol. The molecule has 2 nitrogen and oxygen atoms in total. The molecule has 0 amide bonds. The molecule has 0 aromatic rings. The number of carbonyl (C=O) groups is 1. The van der Waals surface area contributed by atoms with Gasteiger partial charge in [-0.1, -0.05) is 24.3 Å². The zero-order valence-electron chi connectivity index (χ0n) is 8.62. The third-order valence-electron chi connectivity index (χ3n) is 1.69. The molecule has 1 unspecified atom stereocenters. The van der Waals surface area contributed by atoms with Gasteiger partial charge in [0.15, 0.2) is 0 Å². The van der Waals surface area contributed by atoms with Crippen LogP contribution in [0.3, 0.4) is 0 Å². The highest BCUT2D eigenvalue weighted by molar-refractivity contribution is 5.44. The Morgan fingerprint density at radius 3 is 2.54 bits per heavy atom. The van der Waals surface area contributed by atoms with Crippen molar-refractivity contribution in [3.05, 3.63) is 24.3 Å². The van der Waals surface area contributed by atoms with Crippen molar-refractivity contribution in [2.45, 2.75) is 32.8 Å². The number of ether oxygens (including phenoxy) is 1. The zero-order chi connectivity index (χ0) is 10.2. The van der Waals surface area contributed by atoms with Crippen molar-refractivity contribution < 1.29 is 9.53 Å². The molecule has 1 rings (SSSR count). The van der Waals surface area contributed by atoms with Crippen LogP contribution < -0.4 is 0 Å². The van der Waals surface area contributed by atoms with Gasteiger partial charge < -0.3 is 9.53 Å². The molecule has 0 heterocycles. The van der Waals surface area contributed by atoms with E-state index in [0.717, 1.165) is 19.3 Å². The van der Waals surface area contributed by atoms with Gasteiger partial charge in [0.1, 0.15) is 6.29 Å². The van der Waals surface area contributed by atoms with Crippen molar-refractivity contribution >= 4 is 6.29 Å². The fourth-order valence-electron chi connectivity index (χ4n) is 1.14. The van der Waals surface area contributed by atoms with Crippen molar-refractivity contribution in [2.75, 3.05) is 6.61 Å². The van der Waals surface area contributed by atoms with E-state index in [-0.39, 0.29) is 5.60 Å². The molecule has 2 heteroatoms. The topological polar surface area (TPSA) is 26.3 Å². The molecule has 0 saturated carbocycles. The minimum absolute atomic E-state index is 0.0382. The van der Waals surface area contributed by atoms with Gasteiger partial charge in [-0.25, -0.2) is 0 Å². The lowest BCUT2D eigenvalue weighted by Gasteiger charge is -2.25. The molecule has 1 aliphatic rings. The molecule has 0 aliphatic heterocycles. The summed E-state index contributed by atoms with van der Waals surface area (Å²) in [5.41, 5.74) is -0.0382. The number of carbonyl (C=O) groups excluding carboxylic acids is 1. The molecule has 0 aromatic carbocycles. The van der Waals surface area contributed by atoms with Crippen molar-refractivity contribution in [3.63, 3.8) is 0 Å². The SMILES string of the molecule is CC=O.CCOC1(C)C=CC=CC1. The van der Waals surface area contributed by atoms with Crippen LogP contribution in [0.5, 0.6) is 0 Å². The van der Waals surface area contributed by atoms with E-state index >= 15 is 0 Å². The van der Waals surface area contributed by atoms with Gasteiger partial charge in [-0.15, -0.1) is 0 Å². The van der Waals surface area contributed by atoms with E-state index in [4.69, 9.17) is 9.53 Å². The molecule has 74 valence electrons. The van der Waals surface area contributed by atoms with Crippen LogP contribution in [-0.2, 0) is 9.53 Å². The van der Waals surface area contributed by atoms with Crippen molar-refractivity contribution in [1.29, 1.82) is 0 Å². The van der Waals surface area contributed by atoms with E-state index in [0.29, 0.717) is 0 Å². The van der Waals surface area contributed by atoms with Gasteiger partial charge in [0.05, 0.1) is 5.60 Å². The maximum atomic E-state index is 8.81. The van der Waals surface area contributed by atoms with E-state index < -0.39 is 0 Å². The maximum Gasteiger partial charge on any atom is 0.116 e. The minimum Gasteiger partial charge on any atom is -0.371 e. The van der Waals surface area contributed by atoms with Gasteiger partial charge in [-0.3, -0.25) is 0 Å². The van der Waals surface area contributed by atoms with E-state index in [2.05, 4.69) is 25.2 Å². The van der Waals surface area contributed by atoms with E-state index in [9.17, 15) is 0 Å². The zero-order valence-corrected chi connectivity index (χ0v) is 8.62. The molecule has 0 aromatic heterocycles. The lowest BCUT2D eigenvalue weighted by Crippen LogP contribution is -2.26. The van der Waals surface area contributed by atoms with Gasteiger partial charge in [0, 0.05) is 6.61 Å². The highest BCUT2D eigenvalue weighted by atomic mass is 16.5. The second kappa shape index (κ2) is 6.61. The van der Waals surface area contributed by atoms with E-state index in [1.807, 2.05) is 13.0 Å². The van der Waals surface area contributed by atoms with Crippen molar-refractivity contribution in [3.8, 4) is 0 Å². The number of allylic oxidation sites excluding steroid dienone is 2. The second-order valence-corrected chi connectivity index (χ2v) is 2.97. The second-order valence-electron chi connectivity index (χ2n) is 2.97. The molecule has 1 atom stereocenters. The highest BCUT2D eigenvalue weighted by Crippen LogP contribution is 2.20. The van der Waals surface area contributed by atoms with Gasteiger partial charge >= 0.3 is 0 Å². The van der Waals surface area contributed by atoms with Gasteiger partial charge in [0.25, 0.3) is 0 Å². The Labute approximate surface area is 80.3 Å². The van der Waals surface area contributed by atoms with Crippen LogP contribution in [0.4, 0.5) is 0 Å². The Balaban J connectivity index is 0.000000424. The molecule has 0 N–H and O–H groups in total. The van der Waals surface area contributed by atoms with Crippen LogP contribution in [0.15, 0.2) is 24.3 Å².